The molecule has 80 valence electrons. The van der Waals surface area contributed by atoms with Crippen molar-refractivity contribution in [1.29, 1.82) is 0 Å². The standard InChI is InChI=1S/C11H13NO3/c1-8(13)12-5-4-9-2-3-10-11(6-9)15-7-14-10/h2-3,6H,4-5,7H2,1H3,(H,12,13). The lowest BCUT2D eigenvalue weighted by molar-refractivity contribution is -0.118. The van der Waals surface area contributed by atoms with Gasteiger partial charge in [0.1, 0.15) is 0 Å². The van der Waals surface area contributed by atoms with Crippen LogP contribution in [0.25, 0.3) is 0 Å². The minimum absolute atomic E-state index is 0.00394. The van der Waals surface area contributed by atoms with E-state index in [1.807, 2.05) is 18.2 Å². The molecule has 0 atom stereocenters. The lowest BCUT2D eigenvalue weighted by Gasteiger charge is -2.03. The number of rotatable bonds is 3. The van der Waals surface area contributed by atoms with E-state index in [4.69, 9.17) is 9.47 Å². The van der Waals surface area contributed by atoms with Gasteiger partial charge in [0.25, 0.3) is 0 Å². The summed E-state index contributed by atoms with van der Waals surface area (Å²) in [7, 11) is 0. The first-order chi connectivity index (χ1) is 7.25. The van der Waals surface area contributed by atoms with Gasteiger partial charge >= 0.3 is 0 Å². The van der Waals surface area contributed by atoms with Gasteiger partial charge < -0.3 is 14.8 Å². The van der Waals surface area contributed by atoms with Crippen LogP contribution in [0.2, 0.25) is 0 Å². The molecule has 0 unspecified atom stereocenters. The van der Waals surface area contributed by atoms with E-state index in [9.17, 15) is 4.79 Å². The molecule has 0 aliphatic carbocycles. The Labute approximate surface area is 88.2 Å². The fourth-order valence-electron chi connectivity index (χ4n) is 1.48. The fraction of sp³-hybridized carbons (Fsp3) is 0.364. The molecule has 1 amide bonds. The van der Waals surface area contributed by atoms with Crippen LogP contribution >= 0.6 is 0 Å². The van der Waals surface area contributed by atoms with E-state index in [2.05, 4.69) is 5.32 Å². The fourth-order valence-corrected chi connectivity index (χ4v) is 1.48. The third kappa shape index (κ3) is 2.40. The third-order valence-corrected chi connectivity index (χ3v) is 2.22. The second-order valence-corrected chi connectivity index (χ2v) is 3.42. The Morgan fingerprint density at radius 2 is 2.20 bits per heavy atom. The van der Waals surface area contributed by atoms with Gasteiger partial charge in [-0.2, -0.15) is 0 Å². The number of fused-ring (bicyclic) bond motifs is 1. The number of hydrogen-bond acceptors (Lipinski definition) is 3. The predicted molar refractivity (Wildman–Crippen MR) is 55.0 cm³/mol. The molecule has 4 nitrogen and oxygen atoms in total. The monoisotopic (exact) mass is 207 g/mol. The topological polar surface area (TPSA) is 47.6 Å². The quantitative estimate of drug-likeness (QED) is 0.807. The average Bonchev–Trinajstić information content (AvgIpc) is 2.64. The SMILES string of the molecule is CC(=O)NCCc1ccc2c(c1)OCO2. The van der Waals surface area contributed by atoms with E-state index in [0.717, 1.165) is 23.5 Å². The van der Waals surface area contributed by atoms with Crippen LogP contribution in [0.4, 0.5) is 0 Å². The van der Waals surface area contributed by atoms with Crippen LogP contribution in [0.5, 0.6) is 11.5 Å². The van der Waals surface area contributed by atoms with Crippen LogP contribution in [-0.2, 0) is 11.2 Å². The van der Waals surface area contributed by atoms with E-state index in [0.29, 0.717) is 13.3 Å². The molecule has 2 rings (SSSR count). The van der Waals surface area contributed by atoms with Crippen molar-refractivity contribution < 1.29 is 14.3 Å². The minimum atomic E-state index is -0.00394. The van der Waals surface area contributed by atoms with E-state index in [-0.39, 0.29) is 5.91 Å². The summed E-state index contributed by atoms with van der Waals surface area (Å²) in [6.07, 6.45) is 0.802. The Kier molecular flexibility index (Phi) is 2.76. The van der Waals surface area contributed by atoms with Crippen LogP contribution in [0.3, 0.4) is 0 Å². The van der Waals surface area contributed by atoms with Crippen LogP contribution in [-0.4, -0.2) is 19.2 Å². The maximum atomic E-state index is 10.7. The van der Waals surface area contributed by atoms with Crippen LogP contribution < -0.4 is 14.8 Å². The number of benzene rings is 1. The van der Waals surface area contributed by atoms with Crippen LogP contribution in [0.15, 0.2) is 18.2 Å². The normalized spacial score (nSPS) is 12.6. The summed E-state index contributed by atoms with van der Waals surface area (Å²) in [6, 6.07) is 5.82. The van der Waals surface area contributed by atoms with Gasteiger partial charge in [0.2, 0.25) is 12.7 Å². The molecule has 1 N–H and O–H groups in total. The first-order valence-electron chi connectivity index (χ1n) is 4.88. The Hall–Kier alpha value is -1.71. The summed E-state index contributed by atoms with van der Waals surface area (Å²) in [5.41, 5.74) is 1.13. The molecule has 1 aliphatic rings. The molecule has 4 heteroatoms. The van der Waals surface area contributed by atoms with Gasteiger partial charge in [0.05, 0.1) is 0 Å². The Morgan fingerprint density at radius 1 is 1.40 bits per heavy atom. The molecule has 0 spiro atoms. The molecule has 1 heterocycles. The van der Waals surface area contributed by atoms with Crippen molar-refractivity contribution >= 4 is 5.91 Å². The molecule has 15 heavy (non-hydrogen) atoms. The molecule has 0 radical (unpaired) electrons. The highest BCUT2D eigenvalue weighted by atomic mass is 16.7. The van der Waals surface area contributed by atoms with Crippen LogP contribution in [0, 0.1) is 0 Å². The van der Waals surface area contributed by atoms with Crippen molar-refractivity contribution in [3.8, 4) is 11.5 Å². The van der Waals surface area contributed by atoms with E-state index in [1.54, 1.807) is 0 Å². The summed E-state index contributed by atoms with van der Waals surface area (Å²) < 4.78 is 10.5. The van der Waals surface area contributed by atoms with Crippen molar-refractivity contribution in [1.82, 2.24) is 5.32 Å². The number of carbonyl (C=O) groups is 1. The van der Waals surface area contributed by atoms with Gasteiger partial charge in [0, 0.05) is 13.5 Å². The van der Waals surface area contributed by atoms with Crippen molar-refractivity contribution in [2.45, 2.75) is 13.3 Å². The summed E-state index contributed by atoms with van der Waals surface area (Å²) in [5, 5.41) is 2.75. The molecule has 0 saturated heterocycles. The van der Waals surface area contributed by atoms with Crippen LogP contribution in [0.1, 0.15) is 12.5 Å². The number of amides is 1. The molecule has 1 aromatic carbocycles. The van der Waals surface area contributed by atoms with Crippen molar-refractivity contribution in [2.24, 2.45) is 0 Å². The molecule has 0 aromatic heterocycles. The van der Waals surface area contributed by atoms with Gasteiger partial charge in [-0.3, -0.25) is 4.79 Å². The van der Waals surface area contributed by atoms with Gasteiger partial charge in [0.15, 0.2) is 11.5 Å². The van der Waals surface area contributed by atoms with E-state index >= 15 is 0 Å². The van der Waals surface area contributed by atoms with Gasteiger partial charge in [-0.1, -0.05) is 6.07 Å². The smallest absolute Gasteiger partial charge is 0.231 e. The molecule has 0 bridgehead atoms. The second kappa shape index (κ2) is 4.21. The zero-order valence-corrected chi connectivity index (χ0v) is 8.58. The molecule has 1 aliphatic heterocycles. The Morgan fingerprint density at radius 3 is 3.00 bits per heavy atom. The average molecular weight is 207 g/mol. The number of hydrogen-bond donors (Lipinski definition) is 1. The second-order valence-electron chi connectivity index (χ2n) is 3.42. The Balaban J connectivity index is 1.95. The lowest BCUT2D eigenvalue weighted by Crippen LogP contribution is -2.22. The molecule has 0 saturated carbocycles. The zero-order chi connectivity index (χ0) is 10.7. The number of nitrogens with one attached hydrogen (secondary N) is 1. The van der Waals surface area contributed by atoms with Crippen molar-refractivity contribution in [3.05, 3.63) is 23.8 Å². The third-order valence-electron chi connectivity index (χ3n) is 2.22. The van der Waals surface area contributed by atoms with Crippen molar-refractivity contribution in [3.63, 3.8) is 0 Å². The molecule has 1 aromatic rings. The summed E-state index contributed by atoms with van der Waals surface area (Å²) >= 11 is 0. The predicted octanol–water partition coefficient (Wildman–Crippen LogP) is 1.09. The molecule has 0 fully saturated rings. The first-order valence-corrected chi connectivity index (χ1v) is 4.88. The first kappa shape index (κ1) is 9.83. The van der Waals surface area contributed by atoms with E-state index in [1.165, 1.54) is 6.92 Å². The maximum absolute atomic E-state index is 10.7. The van der Waals surface area contributed by atoms with Crippen molar-refractivity contribution in [2.75, 3.05) is 13.3 Å². The lowest BCUT2D eigenvalue weighted by atomic mass is 10.1. The molecular formula is C11H13NO3. The largest absolute Gasteiger partial charge is 0.454 e. The highest BCUT2D eigenvalue weighted by Crippen LogP contribution is 2.32. The minimum Gasteiger partial charge on any atom is -0.454 e. The molecular weight excluding hydrogens is 194 g/mol. The van der Waals surface area contributed by atoms with E-state index < -0.39 is 0 Å². The summed E-state index contributed by atoms with van der Waals surface area (Å²) in [4.78, 5) is 10.7. The number of ether oxygens (including phenoxy) is 2. The highest BCUT2D eigenvalue weighted by molar-refractivity contribution is 5.72. The van der Waals surface area contributed by atoms with Gasteiger partial charge in [-0.05, 0) is 24.1 Å². The maximum Gasteiger partial charge on any atom is 0.231 e. The van der Waals surface area contributed by atoms with Gasteiger partial charge in [-0.15, -0.1) is 0 Å². The zero-order valence-electron chi connectivity index (χ0n) is 8.58. The highest BCUT2D eigenvalue weighted by Gasteiger charge is 2.12. The Bertz CT molecular complexity index is 376. The summed E-state index contributed by atoms with van der Waals surface area (Å²) in [5.74, 6) is 1.57. The number of carbonyl (C=O) groups excluding carboxylic acids is 1. The summed E-state index contributed by atoms with van der Waals surface area (Å²) in [6.45, 7) is 2.46. The van der Waals surface area contributed by atoms with Gasteiger partial charge in [-0.25, -0.2) is 0 Å².